The van der Waals surface area contributed by atoms with Crippen molar-refractivity contribution in [3.63, 3.8) is 0 Å². The van der Waals surface area contributed by atoms with Crippen molar-refractivity contribution in [2.24, 2.45) is 0 Å². The second-order valence-electron chi connectivity index (χ2n) is 6.30. The van der Waals surface area contributed by atoms with Crippen molar-refractivity contribution in [1.82, 2.24) is 9.97 Å². The first-order valence-corrected chi connectivity index (χ1v) is 9.13. The third-order valence-corrected chi connectivity index (χ3v) is 4.43. The molecule has 0 unspecified atom stereocenters. The second-order valence-corrected chi connectivity index (χ2v) is 6.30. The van der Waals surface area contributed by atoms with Gasteiger partial charge in [-0.25, -0.2) is 0 Å². The monoisotopic (exact) mass is 395 g/mol. The number of anilines is 1. The Bertz CT molecular complexity index is 843. The standard InChI is InChI=1S/C22H25N3O4/c1-26-18-9-5-16(6-10-18)14-25(15-17-7-11-19(27-2)12-8-17)22-23-20(28-3)13-21(24-22)29-4/h5-13H,14-15H2,1-4H3. The van der Waals surface area contributed by atoms with Gasteiger partial charge in [-0.1, -0.05) is 24.3 Å². The molecule has 0 radical (unpaired) electrons. The van der Waals surface area contributed by atoms with E-state index in [9.17, 15) is 0 Å². The molecule has 1 aromatic heterocycles. The maximum Gasteiger partial charge on any atom is 0.232 e. The fourth-order valence-electron chi connectivity index (χ4n) is 2.84. The maximum atomic E-state index is 5.32. The quantitative estimate of drug-likeness (QED) is 0.547. The lowest BCUT2D eigenvalue weighted by molar-refractivity contribution is 0.371. The number of methoxy groups -OCH3 is 4. The summed E-state index contributed by atoms with van der Waals surface area (Å²) < 4.78 is 21.1. The Morgan fingerprint density at radius 1 is 0.621 bits per heavy atom. The van der Waals surface area contributed by atoms with E-state index in [0.29, 0.717) is 30.8 Å². The Morgan fingerprint density at radius 3 is 1.38 bits per heavy atom. The number of benzene rings is 2. The first kappa shape index (κ1) is 20.3. The zero-order chi connectivity index (χ0) is 20.6. The molecule has 7 heteroatoms. The molecule has 29 heavy (non-hydrogen) atoms. The van der Waals surface area contributed by atoms with Gasteiger partial charge in [-0.15, -0.1) is 0 Å². The Kier molecular flexibility index (Phi) is 6.73. The molecular weight excluding hydrogens is 370 g/mol. The molecule has 0 N–H and O–H groups in total. The number of hydrogen-bond acceptors (Lipinski definition) is 7. The third-order valence-electron chi connectivity index (χ3n) is 4.43. The smallest absolute Gasteiger partial charge is 0.232 e. The average Bonchev–Trinajstić information content (AvgIpc) is 2.79. The molecule has 7 nitrogen and oxygen atoms in total. The highest BCUT2D eigenvalue weighted by atomic mass is 16.5. The van der Waals surface area contributed by atoms with Gasteiger partial charge in [-0.05, 0) is 35.4 Å². The van der Waals surface area contributed by atoms with Gasteiger partial charge in [0.05, 0.1) is 34.5 Å². The van der Waals surface area contributed by atoms with Crippen LogP contribution in [0, 0.1) is 0 Å². The van der Waals surface area contributed by atoms with Gasteiger partial charge in [0.2, 0.25) is 17.7 Å². The molecule has 3 rings (SSSR count). The van der Waals surface area contributed by atoms with E-state index in [1.807, 2.05) is 48.5 Å². The van der Waals surface area contributed by atoms with Crippen LogP contribution in [0.5, 0.6) is 23.3 Å². The molecule has 0 saturated heterocycles. The van der Waals surface area contributed by atoms with Crippen LogP contribution in [0.25, 0.3) is 0 Å². The number of nitrogens with zero attached hydrogens (tertiary/aromatic N) is 3. The molecule has 1 heterocycles. The number of rotatable bonds is 9. The van der Waals surface area contributed by atoms with Gasteiger partial charge in [0.25, 0.3) is 0 Å². The van der Waals surface area contributed by atoms with Crippen LogP contribution in [0.4, 0.5) is 5.95 Å². The van der Waals surface area contributed by atoms with Gasteiger partial charge in [0, 0.05) is 13.1 Å². The summed E-state index contributed by atoms with van der Waals surface area (Å²) in [6.45, 7) is 1.21. The zero-order valence-corrected chi connectivity index (χ0v) is 17.1. The van der Waals surface area contributed by atoms with Gasteiger partial charge >= 0.3 is 0 Å². The Balaban J connectivity index is 1.93. The molecular formula is C22H25N3O4. The molecule has 152 valence electrons. The first-order valence-electron chi connectivity index (χ1n) is 9.13. The van der Waals surface area contributed by atoms with Crippen LogP contribution in [-0.2, 0) is 13.1 Å². The van der Waals surface area contributed by atoms with Crippen molar-refractivity contribution in [2.45, 2.75) is 13.1 Å². The molecule has 0 bridgehead atoms. The topological polar surface area (TPSA) is 65.9 Å². The van der Waals surface area contributed by atoms with Crippen LogP contribution >= 0.6 is 0 Å². The maximum absolute atomic E-state index is 5.32. The van der Waals surface area contributed by atoms with E-state index in [2.05, 4.69) is 14.9 Å². The molecule has 0 aliphatic rings. The lowest BCUT2D eigenvalue weighted by atomic mass is 10.1. The van der Waals surface area contributed by atoms with E-state index in [4.69, 9.17) is 18.9 Å². The molecule has 0 fully saturated rings. The molecule has 0 amide bonds. The predicted octanol–water partition coefficient (Wildman–Crippen LogP) is 3.72. The summed E-state index contributed by atoms with van der Waals surface area (Å²) in [5, 5.41) is 0. The summed E-state index contributed by atoms with van der Waals surface area (Å²) in [5.41, 5.74) is 2.20. The highest BCUT2D eigenvalue weighted by Crippen LogP contribution is 2.24. The zero-order valence-electron chi connectivity index (χ0n) is 17.1. The fraction of sp³-hybridized carbons (Fsp3) is 0.273. The van der Waals surface area contributed by atoms with Crippen molar-refractivity contribution < 1.29 is 18.9 Å². The number of ether oxygens (including phenoxy) is 4. The van der Waals surface area contributed by atoms with Crippen molar-refractivity contribution in [3.05, 3.63) is 65.7 Å². The summed E-state index contributed by atoms with van der Waals surface area (Å²) in [6.07, 6.45) is 0. The van der Waals surface area contributed by atoms with Crippen LogP contribution in [0.3, 0.4) is 0 Å². The van der Waals surface area contributed by atoms with Crippen LogP contribution in [0.1, 0.15) is 11.1 Å². The Hall–Kier alpha value is -3.48. The molecule has 0 saturated carbocycles. The normalized spacial score (nSPS) is 10.3. The minimum Gasteiger partial charge on any atom is -0.497 e. The van der Waals surface area contributed by atoms with Crippen LogP contribution in [0.2, 0.25) is 0 Å². The van der Waals surface area contributed by atoms with E-state index in [-0.39, 0.29) is 0 Å². The number of hydrogen-bond donors (Lipinski definition) is 0. The van der Waals surface area contributed by atoms with Gasteiger partial charge < -0.3 is 23.8 Å². The molecule has 0 aliphatic heterocycles. The van der Waals surface area contributed by atoms with E-state index in [0.717, 1.165) is 22.6 Å². The molecule has 3 aromatic rings. The summed E-state index contributed by atoms with van der Waals surface area (Å²) in [7, 11) is 6.45. The Morgan fingerprint density at radius 2 is 1.03 bits per heavy atom. The summed E-state index contributed by atoms with van der Waals surface area (Å²) >= 11 is 0. The van der Waals surface area contributed by atoms with E-state index in [1.54, 1.807) is 34.5 Å². The van der Waals surface area contributed by atoms with Crippen molar-refractivity contribution in [3.8, 4) is 23.3 Å². The minimum atomic E-state index is 0.446. The van der Waals surface area contributed by atoms with Crippen molar-refractivity contribution in [2.75, 3.05) is 33.3 Å². The lowest BCUT2D eigenvalue weighted by Gasteiger charge is -2.24. The highest BCUT2D eigenvalue weighted by molar-refractivity contribution is 5.40. The SMILES string of the molecule is COc1ccc(CN(Cc2ccc(OC)cc2)c2nc(OC)cc(OC)n2)cc1. The fourth-order valence-corrected chi connectivity index (χ4v) is 2.84. The van der Waals surface area contributed by atoms with Crippen molar-refractivity contribution >= 4 is 5.95 Å². The largest absolute Gasteiger partial charge is 0.497 e. The third kappa shape index (κ3) is 5.28. The summed E-state index contributed by atoms with van der Waals surface area (Å²) in [6, 6.07) is 17.5. The Labute approximate surface area is 170 Å². The van der Waals surface area contributed by atoms with Gasteiger partial charge in [0.1, 0.15) is 11.5 Å². The van der Waals surface area contributed by atoms with E-state index < -0.39 is 0 Å². The van der Waals surface area contributed by atoms with Crippen LogP contribution in [0.15, 0.2) is 54.6 Å². The van der Waals surface area contributed by atoms with Crippen molar-refractivity contribution in [1.29, 1.82) is 0 Å². The van der Waals surface area contributed by atoms with Crippen LogP contribution in [-0.4, -0.2) is 38.4 Å². The summed E-state index contributed by atoms with van der Waals surface area (Å²) in [5.74, 6) is 3.04. The first-order chi connectivity index (χ1) is 14.1. The highest BCUT2D eigenvalue weighted by Gasteiger charge is 2.15. The molecule has 0 spiro atoms. The minimum absolute atomic E-state index is 0.446. The van der Waals surface area contributed by atoms with E-state index >= 15 is 0 Å². The number of aromatic nitrogens is 2. The molecule has 0 atom stereocenters. The summed E-state index contributed by atoms with van der Waals surface area (Å²) in [4.78, 5) is 11.1. The lowest BCUT2D eigenvalue weighted by Crippen LogP contribution is -2.24. The van der Waals surface area contributed by atoms with Gasteiger partial charge in [-0.3, -0.25) is 0 Å². The second kappa shape index (κ2) is 9.64. The predicted molar refractivity (Wildman–Crippen MR) is 111 cm³/mol. The van der Waals surface area contributed by atoms with Crippen LogP contribution < -0.4 is 23.8 Å². The van der Waals surface area contributed by atoms with E-state index in [1.165, 1.54) is 0 Å². The molecule has 2 aromatic carbocycles. The van der Waals surface area contributed by atoms with Gasteiger partial charge in [-0.2, -0.15) is 9.97 Å². The average molecular weight is 395 g/mol. The van der Waals surface area contributed by atoms with Gasteiger partial charge in [0.15, 0.2) is 0 Å². The molecule has 0 aliphatic carbocycles.